The van der Waals surface area contributed by atoms with Crippen LogP contribution in [0.5, 0.6) is 0 Å². The van der Waals surface area contributed by atoms with Crippen molar-refractivity contribution in [3.8, 4) is 0 Å². The molecule has 0 spiro atoms. The van der Waals surface area contributed by atoms with Gasteiger partial charge in [0.1, 0.15) is 5.82 Å². The number of nitrogens with one attached hydrogen (secondary N) is 1. The first kappa shape index (κ1) is 13.5. The summed E-state index contributed by atoms with van der Waals surface area (Å²) in [5, 5.41) is 3.54. The van der Waals surface area contributed by atoms with E-state index in [2.05, 4.69) is 31.0 Å². The van der Waals surface area contributed by atoms with Crippen molar-refractivity contribution >= 4 is 0 Å². The second kappa shape index (κ2) is 5.81. The van der Waals surface area contributed by atoms with Gasteiger partial charge in [0.05, 0.1) is 0 Å². The van der Waals surface area contributed by atoms with Crippen LogP contribution in [0.3, 0.4) is 0 Å². The van der Waals surface area contributed by atoms with Crippen LogP contribution in [0, 0.1) is 11.7 Å². The maximum atomic E-state index is 12.9. The summed E-state index contributed by atoms with van der Waals surface area (Å²) in [5.74, 6) is 0.515. The van der Waals surface area contributed by atoms with Gasteiger partial charge < -0.3 is 5.32 Å². The van der Waals surface area contributed by atoms with E-state index >= 15 is 0 Å². The Labute approximate surface area is 109 Å². The van der Waals surface area contributed by atoms with E-state index in [4.69, 9.17) is 0 Å². The van der Waals surface area contributed by atoms with Crippen molar-refractivity contribution in [2.75, 3.05) is 19.6 Å². The van der Waals surface area contributed by atoms with Crippen LogP contribution in [0.1, 0.15) is 32.4 Å². The van der Waals surface area contributed by atoms with Gasteiger partial charge in [-0.3, -0.25) is 4.90 Å². The van der Waals surface area contributed by atoms with Gasteiger partial charge in [0.2, 0.25) is 0 Å². The van der Waals surface area contributed by atoms with Crippen LogP contribution in [0.2, 0.25) is 0 Å². The molecule has 2 nitrogen and oxygen atoms in total. The Bertz CT molecular complexity index is 375. The van der Waals surface area contributed by atoms with Crippen molar-refractivity contribution in [3.63, 3.8) is 0 Å². The lowest BCUT2D eigenvalue weighted by Gasteiger charge is -2.39. The molecule has 0 saturated carbocycles. The summed E-state index contributed by atoms with van der Waals surface area (Å²) in [6, 6.07) is 7.75. The van der Waals surface area contributed by atoms with Crippen molar-refractivity contribution in [2.24, 2.45) is 5.92 Å². The van der Waals surface area contributed by atoms with E-state index in [0.717, 1.165) is 19.6 Å². The Hall–Kier alpha value is -0.930. The average molecular weight is 250 g/mol. The minimum atomic E-state index is -0.165. The van der Waals surface area contributed by atoms with E-state index in [1.807, 2.05) is 12.1 Å². The smallest absolute Gasteiger partial charge is 0.123 e. The quantitative estimate of drug-likeness (QED) is 0.887. The first-order chi connectivity index (χ1) is 8.56. The Kier molecular flexibility index (Phi) is 4.36. The van der Waals surface area contributed by atoms with E-state index in [1.165, 1.54) is 5.56 Å². The molecule has 1 aliphatic heterocycles. The van der Waals surface area contributed by atoms with Gasteiger partial charge in [-0.15, -0.1) is 0 Å². The summed E-state index contributed by atoms with van der Waals surface area (Å²) in [6.45, 7) is 9.89. The molecule has 100 valence electrons. The van der Waals surface area contributed by atoms with E-state index in [0.29, 0.717) is 18.0 Å². The largest absolute Gasteiger partial charge is 0.307 e. The summed E-state index contributed by atoms with van der Waals surface area (Å²) < 4.78 is 12.9. The lowest BCUT2D eigenvalue weighted by molar-refractivity contribution is 0.126. The Morgan fingerprint density at radius 3 is 2.61 bits per heavy atom. The minimum absolute atomic E-state index is 0.165. The van der Waals surface area contributed by atoms with Crippen LogP contribution >= 0.6 is 0 Å². The molecular weight excluding hydrogens is 227 g/mol. The zero-order chi connectivity index (χ0) is 13.1. The van der Waals surface area contributed by atoms with Crippen molar-refractivity contribution in [2.45, 2.75) is 32.9 Å². The average Bonchev–Trinajstić information content (AvgIpc) is 2.32. The number of nitrogens with zero attached hydrogens (tertiary/aromatic N) is 1. The number of benzene rings is 1. The van der Waals surface area contributed by atoms with Crippen LogP contribution in [-0.4, -0.2) is 30.6 Å². The van der Waals surface area contributed by atoms with Gasteiger partial charge in [0, 0.05) is 31.7 Å². The lowest BCUT2D eigenvalue weighted by atomic mass is 10.0. The first-order valence-corrected chi connectivity index (χ1v) is 6.79. The molecule has 2 atom stereocenters. The normalized spacial score (nSPS) is 25.6. The fraction of sp³-hybridized carbons (Fsp3) is 0.600. The molecule has 1 N–H and O–H groups in total. The molecule has 1 saturated heterocycles. The van der Waals surface area contributed by atoms with Crippen LogP contribution in [0.15, 0.2) is 24.3 Å². The fourth-order valence-corrected chi connectivity index (χ4v) is 2.56. The second-order valence-electron chi connectivity index (χ2n) is 5.71. The third-order valence-electron chi connectivity index (χ3n) is 3.57. The highest BCUT2D eigenvalue weighted by molar-refractivity contribution is 5.21. The monoisotopic (exact) mass is 250 g/mol. The van der Waals surface area contributed by atoms with Gasteiger partial charge in [0.15, 0.2) is 0 Å². The molecule has 0 bridgehead atoms. The number of rotatable bonds is 3. The van der Waals surface area contributed by atoms with Crippen LogP contribution < -0.4 is 5.32 Å². The molecular formula is C15H23FN2. The van der Waals surface area contributed by atoms with Gasteiger partial charge in [0.25, 0.3) is 0 Å². The van der Waals surface area contributed by atoms with E-state index in [-0.39, 0.29) is 5.82 Å². The summed E-state index contributed by atoms with van der Waals surface area (Å²) in [5.41, 5.74) is 1.18. The fourth-order valence-electron chi connectivity index (χ4n) is 2.56. The topological polar surface area (TPSA) is 15.3 Å². The third-order valence-corrected chi connectivity index (χ3v) is 3.57. The molecule has 18 heavy (non-hydrogen) atoms. The highest BCUT2D eigenvalue weighted by Crippen LogP contribution is 2.21. The van der Waals surface area contributed by atoms with Crippen LogP contribution in [0.4, 0.5) is 4.39 Å². The predicted octanol–water partition coefficient (Wildman–Crippen LogP) is 2.82. The van der Waals surface area contributed by atoms with Crippen molar-refractivity contribution in [1.29, 1.82) is 0 Å². The molecule has 0 amide bonds. The molecule has 0 unspecified atom stereocenters. The highest BCUT2D eigenvalue weighted by Gasteiger charge is 2.26. The molecule has 0 aromatic heterocycles. The predicted molar refractivity (Wildman–Crippen MR) is 73.0 cm³/mol. The van der Waals surface area contributed by atoms with Gasteiger partial charge in [-0.1, -0.05) is 26.0 Å². The molecule has 0 radical (unpaired) electrons. The van der Waals surface area contributed by atoms with Gasteiger partial charge >= 0.3 is 0 Å². The SMILES string of the molecule is CC(C)CN1C[C@H](c2ccc(F)cc2)NC[C@H]1C. The number of hydrogen-bond acceptors (Lipinski definition) is 2. The summed E-state index contributed by atoms with van der Waals surface area (Å²) >= 11 is 0. The molecule has 1 aromatic rings. The lowest BCUT2D eigenvalue weighted by Crippen LogP contribution is -2.52. The maximum absolute atomic E-state index is 12.9. The van der Waals surface area contributed by atoms with Crippen molar-refractivity contribution < 1.29 is 4.39 Å². The Morgan fingerprint density at radius 1 is 1.33 bits per heavy atom. The summed E-state index contributed by atoms with van der Waals surface area (Å²) in [6.07, 6.45) is 0. The summed E-state index contributed by atoms with van der Waals surface area (Å²) in [7, 11) is 0. The number of piperazine rings is 1. The number of halogens is 1. The third kappa shape index (κ3) is 3.30. The van der Waals surface area contributed by atoms with Crippen molar-refractivity contribution in [1.82, 2.24) is 10.2 Å². The van der Waals surface area contributed by atoms with E-state index < -0.39 is 0 Å². The van der Waals surface area contributed by atoms with Gasteiger partial charge in [-0.05, 0) is 30.5 Å². The molecule has 1 heterocycles. The second-order valence-corrected chi connectivity index (χ2v) is 5.71. The molecule has 3 heteroatoms. The Balaban J connectivity index is 2.04. The Morgan fingerprint density at radius 2 is 2.00 bits per heavy atom. The molecule has 0 aliphatic carbocycles. The highest BCUT2D eigenvalue weighted by atomic mass is 19.1. The van der Waals surface area contributed by atoms with Crippen LogP contribution in [0.25, 0.3) is 0 Å². The summed E-state index contributed by atoms with van der Waals surface area (Å²) in [4.78, 5) is 2.52. The standard InChI is InChI=1S/C15H23FN2/c1-11(2)9-18-10-15(17-8-12(18)3)13-4-6-14(16)7-5-13/h4-7,11-12,15,17H,8-10H2,1-3H3/t12-,15-/m1/s1. The first-order valence-electron chi connectivity index (χ1n) is 6.79. The minimum Gasteiger partial charge on any atom is -0.307 e. The van der Waals surface area contributed by atoms with Crippen LogP contribution in [-0.2, 0) is 0 Å². The molecule has 1 fully saturated rings. The zero-order valence-electron chi connectivity index (χ0n) is 11.5. The number of hydrogen-bond donors (Lipinski definition) is 1. The van der Waals surface area contributed by atoms with Gasteiger partial charge in [-0.2, -0.15) is 0 Å². The molecule has 1 aromatic carbocycles. The van der Waals surface area contributed by atoms with Gasteiger partial charge in [-0.25, -0.2) is 4.39 Å². The molecule has 2 rings (SSSR count). The zero-order valence-corrected chi connectivity index (χ0v) is 11.5. The maximum Gasteiger partial charge on any atom is 0.123 e. The van der Waals surface area contributed by atoms with Crippen molar-refractivity contribution in [3.05, 3.63) is 35.6 Å². The molecule has 1 aliphatic rings. The van der Waals surface area contributed by atoms with E-state index in [9.17, 15) is 4.39 Å². The van der Waals surface area contributed by atoms with E-state index in [1.54, 1.807) is 12.1 Å².